The fourth-order valence-electron chi connectivity index (χ4n) is 1.21. The number of hydrogen-bond acceptors (Lipinski definition) is 1. The van der Waals surface area contributed by atoms with Crippen molar-refractivity contribution in [2.45, 2.75) is 6.42 Å². The highest BCUT2D eigenvalue weighted by atomic mass is 79.9. The first kappa shape index (κ1) is 12.3. The molecule has 0 heterocycles. The predicted molar refractivity (Wildman–Crippen MR) is 61.0 cm³/mol. The van der Waals surface area contributed by atoms with Crippen LogP contribution in [-0.2, 0) is 6.42 Å². The van der Waals surface area contributed by atoms with Gasteiger partial charge in [0.2, 0.25) is 0 Å². The van der Waals surface area contributed by atoms with Crippen molar-refractivity contribution in [1.82, 2.24) is 5.32 Å². The maximum atomic E-state index is 12.8. The summed E-state index contributed by atoms with van der Waals surface area (Å²) in [5, 5.41) is 3.08. The van der Waals surface area contributed by atoms with Crippen LogP contribution in [0, 0.1) is 11.6 Å². The lowest BCUT2D eigenvalue weighted by Gasteiger charge is -2.04. The molecule has 0 radical (unpaired) electrons. The van der Waals surface area contributed by atoms with Gasteiger partial charge in [0.1, 0.15) is 11.6 Å². The second kappa shape index (κ2) is 5.98. The zero-order valence-electron chi connectivity index (χ0n) is 8.19. The average Bonchev–Trinajstić information content (AvgIpc) is 2.10. The van der Waals surface area contributed by atoms with E-state index in [9.17, 15) is 8.78 Å². The summed E-state index contributed by atoms with van der Waals surface area (Å²) >= 11 is 3.21. The third-order valence-corrected chi connectivity index (χ3v) is 2.11. The lowest BCUT2D eigenvalue weighted by atomic mass is 10.1. The van der Waals surface area contributed by atoms with Gasteiger partial charge in [-0.05, 0) is 30.7 Å². The molecule has 0 atom stereocenters. The van der Waals surface area contributed by atoms with Crippen LogP contribution in [-0.4, -0.2) is 13.1 Å². The summed E-state index contributed by atoms with van der Waals surface area (Å²) in [6.45, 7) is 4.97. The summed E-state index contributed by atoms with van der Waals surface area (Å²) in [5.74, 6) is -1.06. The van der Waals surface area contributed by atoms with Crippen LogP contribution in [0.3, 0.4) is 0 Å². The van der Waals surface area contributed by atoms with Gasteiger partial charge in [0.25, 0.3) is 0 Å². The Morgan fingerprint density at radius 3 is 2.40 bits per heavy atom. The number of hydrogen-bond donors (Lipinski definition) is 1. The summed E-state index contributed by atoms with van der Waals surface area (Å²) in [7, 11) is 0. The third kappa shape index (κ3) is 5.04. The molecule has 4 heteroatoms. The zero-order valence-corrected chi connectivity index (χ0v) is 9.78. The first-order chi connectivity index (χ1) is 7.08. The molecule has 0 saturated carbocycles. The SMILES string of the molecule is C=C(Br)CNCCc1cc(F)cc(F)c1. The molecule has 15 heavy (non-hydrogen) atoms. The van der Waals surface area contributed by atoms with Crippen molar-refractivity contribution in [3.8, 4) is 0 Å². The lowest BCUT2D eigenvalue weighted by molar-refractivity contribution is 0.578. The van der Waals surface area contributed by atoms with Crippen LogP contribution >= 0.6 is 15.9 Å². The first-order valence-corrected chi connectivity index (χ1v) is 5.36. The molecular weight excluding hydrogens is 264 g/mol. The Kier molecular flexibility index (Phi) is 4.91. The monoisotopic (exact) mass is 275 g/mol. The van der Waals surface area contributed by atoms with Crippen LogP contribution in [0.2, 0.25) is 0 Å². The molecule has 1 N–H and O–H groups in total. The van der Waals surface area contributed by atoms with E-state index >= 15 is 0 Å². The summed E-state index contributed by atoms with van der Waals surface area (Å²) in [6.07, 6.45) is 0.592. The van der Waals surface area contributed by atoms with E-state index in [2.05, 4.69) is 27.8 Å². The molecule has 1 rings (SSSR count). The molecule has 0 saturated heterocycles. The van der Waals surface area contributed by atoms with E-state index < -0.39 is 11.6 Å². The summed E-state index contributed by atoms with van der Waals surface area (Å²) < 4.78 is 26.4. The van der Waals surface area contributed by atoms with Crippen molar-refractivity contribution in [2.75, 3.05) is 13.1 Å². The number of nitrogens with one attached hydrogen (secondary N) is 1. The third-order valence-electron chi connectivity index (χ3n) is 1.83. The Labute approximate surface area is 96.3 Å². The highest BCUT2D eigenvalue weighted by molar-refractivity contribution is 9.11. The molecule has 82 valence electrons. The quantitative estimate of drug-likeness (QED) is 0.815. The molecule has 1 nitrogen and oxygen atoms in total. The Morgan fingerprint density at radius 2 is 1.87 bits per heavy atom. The van der Waals surface area contributed by atoms with Crippen LogP contribution in [0.15, 0.2) is 29.3 Å². The molecule has 0 aliphatic heterocycles. The fraction of sp³-hybridized carbons (Fsp3) is 0.273. The van der Waals surface area contributed by atoms with Crippen LogP contribution in [0.1, 0.15) is 5.56 Å². The van der Waals surface area contributed by atoms with Crippen molar-refractivity contribution < 1.29 is 8.78 Å². The summed E-state index contributed by atoms with van der Waals surface area (Å²) in [4.78, 5) is 0. The van der Waals surface area contributed by atoms with Crippen molar-refractivity contribution in [1.29, 1.82) is 0 Å². The molecule has 0 aromatic heterocycles. The zero-order chi connectivity index (χ0) is 11.3. The van der Waals surface area contributed by atoms with Crippen molar-refractivity contribution in [2.24, 2.45) is 0 Å². The molecule has 0 aliphatic carbocycles. The molecule has 0 fully saturated rings. The van der Waals surface area contributed by atoms with E-state index in [1.165, 1.54) is 12.1 Å². The highest BCUT2D eigenvalue weighted by Crippen LogP contribution is 2.08. The Balaban J connectivity index is 2.40. The minimum absolute atomic E-state index is 0.532. The topological polar surface area (TPSA) is 12.0 Å². The minimum Gasteiger partial charge on any atom is -0.312 e. The molecular formula is C11H12BrF2N. The van der Waals surface area contributed by atoms with Gasteiger partial charge in [-0.15, -0.1) is 0 Å². The van der Waals surface area contributed by atoms with Gasteiger partial charge in [-0.2, -0.15) is 0 Å². The smallest absolute Gasteiger partial charge is 0.126 e. The molecule has 1 aromatic rings. The molecule has 1 aromatic carbocycles. The molecule has 0 aliphatic rings. The van der Waals surface area contributed by atoms with Crippen LogP contribution < -0.4 is 5.32 Å². The Morgan fingerprint density at radius 1 is 1.27 bits per heavy atom. The van der Waals surface area contributed by atoms with Gasteiger partial charge in [0.05, 0.1) is 0 Å². The molecule has 0 amide bonds. The Hall–Kier alpha value is -0.740. The van der Waals surface area contributed by atoms with Crippen molar-refractivity contribution >= 4 is 15.9 Å². The van der Waals surface area contributed by atoms with Gasteiger partial charge in [-0.1, -0.05) is 22.5 Å². The number of halogens is 3. The molecule has 0 spiro atoms. The fourth-order valence-corrected chi connectivity index (χ4v) is 1.41. The lowest BCUT2D eigenvalue weighted by Crippen LogP contribution is -2.18. The second-order valence-corrected chi connectivity index (χ2v) is 4.34. The van der Waals surface area contributed by atoms with Crippen LogP contribution in [0.4, 0.5) is 8.78 Å². The Bertz CT molecular complexity index is 332. The maximum Gasteiger partial charge on any atom is 0.126 e. The van der Waals surface area contributed by atoms with E-state index in [1.54, 1.807) is 0 Å². The van der Waals surface area contributed by atoms with E-state index in [1.807, 2.05) is 0 Å². The normalized spacial score (nSPS) is 10.3. The van der Waals surface area contributed by atoms with Crippen molar-refractivity contribution in [3.05, 3.63) is 46.5 Å². The van der Waals surface area contributed by atoms with Gasteiger partial charge in [0.15, 0.2) is 0 Å². The predicted octanol–water partition coefficient (Wildman–Crippen LogP) is 3.01. The molecule has 0 bridgehead atoms. The average molecular weight is 276 g/mol. The maximum absolute atomic E-state index is 12.8. The standard InChI is InChI=1S/C11H12BrF2N/c1-8(12)7-15-3-2-9-4-10(13)6-11(14)5-9/h4-6,15H,1-3,7H2. The molecule has 0 unspecified atom stereocenters. The van der Waals surface area contributed by atoms with Gasteiger partial charge in [0, 0.05) is 17.1 Å². The van der Waals surface area contributed by atoms with E-state index in [0.717, 1.165) is 10.5 Å². The largest absolute Gasteiger partial charge is 0.312 e. The van der Waals surface area contributed by atoms with E-state index in [4.69, 9.17) is 0 Å². The van der Waals surface area contributed by atoms with Gasteiger partial charge >= 0.3 is 0 Å². The second-order valence-electron chi connectivity index (χ2n) is 3.22. The summed E-state index contributed by atoms with van der Waals surface area (Å²) in [5.41, 5.74) is 0.653. The van der Waals surface area contributed by atoms with Gasteiger partial charge in [-0.3, -0.25) is 0 Å². The highest BCUT2D eigenvalue weighted by Gasteiger charge is 2.00. The van der Waals surface area contributed by atoms with Crippen LogP contribution in [0.25, 0.3) is 0 Å². The van der Waals surface area contributed by atoms with E-state index in [-0.39, 0.29) is 0 Å². The number of rotatable bonds is 5. The van der Waals surface area contributed by atoms with Crippen LogP contribution in [0.5, 0.6) is 0 Å². The first-order valence-electron chi connectivity index (χ1n) is 4.57. The van der Waals surface area contributed by atoms with Gasteiger partial charge < -0.3 is 5.32 Å². The summed E-state index contributed by atoms with van der Waals surface area (Å²) in [6, 6.07) is 3.55. The van der Waals surface area contributed by atoms with E-state index in [0.29, 0.717) is 25.1 Å². The van der Waals surface area contributed by atoms with Gasteiger partial charge in [-0.25, -0.2) is 8.78 Å². The van der Waals surface area contributed by atoms with Crippen molar-refractivity contribution in [3.63, 3.8) is 0 Å². The minimum atomic E-state index is -0.532. The number of benzene rings is 1.